The minimum atomic E-state index is -0.731. The number of amides is 2. The zero-order chi connectivity index (χ0) is 15.6. The van der Waals surface area contributed by atoms with E-state index in [4.69, 9.17) is 23.2 Å². The quantitative estimate of drug-likeness (QED) is 0.635. The van der Waals surface area contributed by atoms with E-state index >= 15 is 0 Å². The molecular formula is C12H11Cl2N3O4. The molecule has 0 aliphatic heterocycles. The number of carbonyl (C=O) groups excluding carboxylic acids is 2. The van der Waals surface area contributed by atoms with E-state index in [2.05, 4.69) is 10.6 Å². The summed E-state index contributed by atoms with van der Waals surface area (Å²) in [6.45, 7) is -0.205. The highest BCUT2D eigenvalue weighted by Crippen LogP contribution is 2.32. The van der Waals surface area contributed by atoms with Gasteiger partial charge in [-0.25, -0.2) is 0 Å². The molecule has 0 saturated heterocycles. The van der Waals surface area contributed by atoms with Gasteiger partial charge < -0.3 is 10.6 Å². The fourth-order valence-electron chi connectivity index (χ4n) is 1.61. The molecule has 1 fully saturated rings. The Hall–Kier alpha value is -1.86. The van der Waals surface area contributed by atoms with Crippen LogP contribution in [0, 0.1) is 10.1 Å². The van der Waals surface area contributed by atoms with E-state index in [0.717, 1.165) is 18.9 Å². The Morgan fingerprint density at radius 3 is 2.57 bits per heavy atom. The van der Waals surface area contributed by atoms with Crippen LogP contribution in [-0.4, -0.2) is 29.3 Å². The Morgan fingerprint density at radius 2 is 2.00 bits per heavy atom. The number of nitrogens with zero attached hydrogens (tertiary/aromatic N) is 1. The largest absolute Gasteiger partial charge is 0.352 e. The molecule has 112 valence electrons. The summed E-state index contributed by atoms with van der Waals surface area (Å²) < 4.78 is 0. The average Bonchev–Trinajstić information content (AvgIpc) is 3.22. The fraction of sp³-hybridized carbons (Fsp3) is 0.333. The topological polar surface area (TPSA) is 101 Å². The molecule has 0 bridgehead atoms. The number of nitro groups is 1. The van der Waals surface area contributed by atoms with Crippen LogP contribution < -0.4 is 10.6 Å². The second-order valence-corrected chi connectivity index (χ2v) is 5.36. The van der Waals surface area contributed by atoms with Crippen LogP contribution in [0.3, 0.4) is 0 Å². The lowest BCUT2D eigenvalue weighted by molar-refractivity contribution is -0.384. The van der Waals surface area contributed by atoms with Gasteiger partial charge in [0.2, 0.25) is 5.91 Å². The predicted octanol–water partition coefficient (Wildman–Crippen LogP) is 1.91. The standard InChI is InChI=1S/C12H11Cl2N3O4/c13-8-3-6(4-9(11(8)14)17(20)21)12(19)15-5-10(18)16-7-1-2-7/h3-4,7H,1-2,5H2,(H,15,19)(H,16,18). The highest BCUT2D eigenvalue weighted by molar-refractivity contribution is 6.43. The van der Waals surface area contributed by atoms with Crippen LogP contribution in [0.25, 0.3) is 0 Å². The third kappa shape index (κ3) is 4.05. The first-order chi connectivity index (χ1) is 9.88. The summed E-state index contributed by atoms with van der Waals surface area (Å²) in [7, 11) is 0. The van der Waals surface area contributed by atoms with Crippen molar-refractivity contribution in [3.05, 3.63) is 37.9 Å². The molecular weight excluding hydrogens is 321 g/mol. The molecule has 0 aromatic heterocycles. The van der Waals surface area contributed by atoms with Crippen molar-refractivity contribution in [2.24, 2.45) is 0 Å². The zero-order valence-corrected chi connectivity index (χ0v) is 12.2. The normalized spacial score (nSPS) is 13.6. The maximum absolute atomic E-state index is 11.9. The van der Waals surface area contributed by atoms with Crippen LogP contribution in [0.4, 0.5) is 5.69 Å². The molecule has 9 heteroatoms. The van der Waals surface area contributed by atoms with Crippen LogP contribution in [0.15, 0.2) is 12.1 Å². The second-order valence-electron chi connectivity index (χ2n) is 4.57. The van der Waals surface area contributed by atoms with Gasteiger partial charge in [-0.3, -0.25) is 19.7 Å². The number of hydrogen-bond acceptors (Lipinski definition) is 4. The van der Waals surface area contributed by atoms with Crippen molar-refractivity contribution in [3.8, 4) is 0 Å². The van der Waals surface area contributed by atoms with Crippen LogP contribution in [0.2, 0.25) is 10.0 Å². The van der Waals surface area contributed by atoms with Crippen LogP contribution in [0.1, 0.15) is 23.2 Å². The number of benzene rings is 1. The Morgan fingerprint density at radius 1 is 1.33 bits per heavy atom. The molecule has 0 atom stereocenters. The molecule has 1 aromatic rings. The molecule has 1 aliphatic carbocycles. The molecule has 0 heterocycles. The number of rotatable bonds is 5. The van der Waals surface area contributed by atoms with E-state index in [1.807, 2.05) is 0 Å². The molecule has 0 unspecified atom stereocenters. The van der Waals surface area contributed by atoms with Gasteiger partial charge in [-0.05, 0) is 18.9 Å². The van der Waals surface area contributed by atoms with Crippen molar-refractivity contribution >= 4 is 40.7 Å². The predicted molar refractivity (Wildman–Crippen MR) is 76.6 cm³/mol. The lowest BCUT2D eigenvalue weighted by Crippen LogP contribution is -2.37. The van der Waals surface area contributed by atoms with Crippen LogP contribution >= 0.6 is 23.2 Å². The molecule has 1 saturated carbocycles. The Balaban J connectivity index is 2.04. The van der Waals surface area contributed by atoms with Gasteiger partial charge in [0.15, 0.2) is 0 Å². The maximum Gasteiger partial charge on any atom is 0.290 e. The molecule has 1 aliphatic rings. The van der Waals surface area contributed by atoms with Gasteiger partial charge in [0, 0.05) is 17.7 Å². The SMILES string of the molecule is O=C(CNC(=O)c1cc(Cl)c(Cl)c([N+](=O)[O-])c1)NC1CC1. The zero-order valence-electron chi connectivity index (χ0n) is 10.7. The van der Waals surface area contributed by atoms with E-state index in [-0.39, 0.29) is 34.1 Å². The lowest BCUT2D eigenvalue weighted by Gasteiger charge is -2.07. The van der Waals surface area contributed by atoms with E-state index < -0.39 is 16.5 Å². The number of hydrogen-bond donors (Lipinski definition) is 2. The van der Waals surface area contributed by atoms with Crippen LogP contribution in [0.5, 0.6) is 0 Å². The molecule has 21 heavy (non-hydrogen) atoms. The van der Waals surface area contributed by atoms with Gasteiger partial charge in [-0.15, -0.1) is 0 Å². The molecule has 1 aromatic carbocycles. The van der Waals surface area contributed by atoms with E-state index in [1.165, 1.54) is 6.07 Å². The molecule has 0 radical (unpaired) electrons. The minimum Gasteiger partial charge on any atom is -0.352 e. The van der Waals surface area contributed by atoms with Gasteiger partial charge in [0.25, 0.3) is 11.6 Å². The minimum absolute atomic E-state index is 0.0321. The highest BCUT2D eigenvalue weighted by atomic mass is 35.5. The van der Waals surface area contributed by atoms with Gasteiger partial charge >= 0.3 is 0 Å². The van der Waals surface area contributed by atoms with Crippen molar-refractivity contribution in [2.45, 2.75) is 18.9 Å². The summed E-state index contributed by atoms with van der Waals surface area (Å²) in [6, 6.07) is 2.42. The van der Waals surface area contributed by atoms with E-state index in [0.29, 0.717) is 0 Å². The first kappa shape index (κ1) is 15.5. The smallest absolute Gasteiger partial charge is 0.290 e. The van der Waals surface area contributed by atoms with E-state index in [9.17, 15) is 19.7 Å². The Labute approximate surface area is 129 Å². The summed E-state index contributed by atoms with van der Waals surface area (Å²) in [6.07, 6.45) is 1.89. The number of carbonyl (C=O) groups is 2. The van der Waals surface area contributed by atoms with Crippen molar-refractivity contribution in [2.75, 3.05) is 6.54 Å². The van der Waals surface area contributed by atoms with Gasteiger partial charge in [-0.2, -0.15) is 0 Å². The summed E-state index contributed by atoms with van der Waals surface area (Å²) in [5.74, 6) is -0.942. The van der Waals surface area contributed by atoms with Crippen molar-refractivity contribution < 1.29 is 14.5 Å². The monoisotopic (exact) mass is 331 g/mol. The highest BCUT2D eigenvalue weighted by Gasteiger charge is 2.24. The first-order valence-corrected chi connectivity index (χ1v) is 6.85. The van der Waals surface area contributed by atoms with Crippen molar-refractivity contribution in [1.29, 1.82) is 0 Å². The number of halogens is 2. The van der Waals surface area contributed by atoms with Crippen molar-refractivity contribution in [3.63, 3.8) is 0 Å². The second kappa shape index (κ2) is 6.28. The molecule has 0 spiro atoms. The first-order valence-electron chi connectivity index (χ1n) is 6.09. The molecule has 2 N–H and O–H groups in total. The van der Waals surface area contributed by atoms with Gasteiger partial charge in [-0.1, -0.05) is 23.2 Å². The van der Waals surface area contributed by atoms with Gasteiger partial charge in [0.05, 0.1) is 16.5 Å². The maximum atomic E-state index is 11.9. The van der Waals surface area contributed by atoms with E-state index in [1.54, 1.807) is 0 Å². The fourth-order valence-corrected chi connectivity index (χ4v) is 2.00. The molecule has 2 rings (SSSR count). The lowest BCUT2D eigenvalue weighted by atomic mass is 10.2. The summed E-state index contributed by atoms with van der Waals surface area (Å²) in [5.41, 5.74) is -0.493. The number of nitro benzene ring substituents is 1. The van der Waals surface area contributed by atoms with Crippen LogP contribution in [-0.2, 0) is 4.79 Å². The number of nitrogens with one attached hydrogen (secondary N) is 2. The third-order valence-corrected chi connectivity index (χ3v) is 3.61. The summed E-state index contributed by atoms with van der Waals surface area (Å²) >= 11 is 11.4. The molecule has 7 nitrogen and oxygen atoms in total. The Bertz CT molecular complexity index is 617. The third-order valence-electron chi connectivity index (χ3n) is 2.82. The van der Waals surface area contributed by atoms with Gasteiger partial charge in [0.1, 0.15) is 5.02 Å². The summed E-state index contributed by atoms with van der Waals surface area (Å²) in [4.78, 5) is 33.4. The summed E-state index contributed by atoms with van der Waals surface area (Å²) in [5, 5.41) is 15.6. The van der Waals surface area contributed by atoms with Crippen molar-refractivity contribution in [1.82, 2.24) is 10.6 Å². The average molecular weight is 332 g/mol. The Kier molecular flexibility index (Phi) is 4.64. The molecule has 2 amide bonds.